The van der Waals surface area contributed by atoms with Crippen molar-refractivity contribution in [3.05, 3.63) is 20.8 Å². The minimum Gasteiger partial charge on any atom is -0.345 e. The molecule has 16 heavy (non-hydrogen) atoms. The Morgan fingerprint density at radius 2 is 2.38 bits per heavy atom. The highest BCUT2D eigenvalue weighted by molar-refractivity contribution is 9.11. The van der Waals surface area contributed by atoms with Crippen molar-refractivity contribution in [2.24, 2.45) is 0 Å². The van der Waals surface area contributed by atoms with E-state index in [1.54, 1.807) is 16.2 Å². The number of hydrogen-bond donors (Lipinski definition) is 1. The average Bonchev–Trinajstić information content (AvgIpc) is 2.69. The summed E-state index contributed by atoms with van der Waals surface area (Å²) in [5.41, 5.74) is 1.20. The summed E-state index contributed by atoms with van der Waals surface area (Å²) in [5, 5.41) is 5.30. The molecule has 0 saturated carbocycles. The number of carbonyl (C=O) groups excluding carboxylic acids is 1. The molecule has 1 heterocycles. The van der Waals surface area contributed by atoms with Gasteiger partial charge in [0.25, 0.3) is 0 Å². The van der Waals surface area contributed by atoms with E-state index in [-0.39, 0.29) is 11.9 Å². The molecule has 0 spiro atoms. The van der Waals surface area contributed by atoms with Crippen molar-refractivity contribution in [2.45, 2.75) is 26.4 Å². The van der Waals surface area contributed by atoms with Gasteiger partial charge in [-0.2, -0.15) is 0 Å². The van der Waals surface area contributed by atoms with Crippen LogP contribution >= 0.6 is 27.3 Å². The maximum Gasteiger partial charge on any atom is 0.239 e. The Morgan fingerprint density at radius 1 is 1.69 bits per heavy atom. The molecule has 5 heteroatoms. The third kappa shape index (κ3) is 3.88. The number of nitrogens with zero attached hydrogens (tertiary/aromatic N) is 1. The Kier molecular flexibility index (Phi) is 5.44. The molecule has 0 aromatic carbocycles. The molecule has 1 atom stereocenters. The van der Waals surface area contributed by atoms with Crippen LogP contribution in [0.4, 0.5) is 0 Å². The number of halogens is 1. The Hall–Kier alpha value is -0.390. The van der Waals surface area contributed by atoms with Gasteiger partial charge in [0, 0.05) is 20.1 Å². The van der Waals surface area contributed by atoms with Crippen molar-refractivity contribution in [1.82, 2.24) is 10.2 Å². The number of carbonyl (C=O) groups is 1. The fraction of sp³-hybridized carbons (Fsp3) is 0.545. The van der Waals surface area contributed by atoms with Gasteiger partial charge in [0.1, 0.15) is 0 Å². The molecule has 0 aliphatic heterocycles. The van der Waals surface area contributed by atoms with Crippen LogP contribution in [0.15, 0.2) is 15.2 Å². The third-order valence-electron chi connectivity index (χ3n) is 2.46. The van der Waals surface area contributed by atoms with Crippen LogP contribution in [0.2, 0.25) is 0 Å². The van der Waals surface area contributed by atoms with Gasteiger partial charge in [0.2, 0.25) is 5.91 Å². The van der Waals surface area contributed by atoms with E-state index < -0.39 is 0 Å². The van der Waals surface area contributed by atoms with Crippen molar-refractivity contribution in [1.29, 1.82) is 0 Å². The van der Waals surface area contributed by atoms with Gasteiger partial charge in [-0.05, 0) is 46.8 Å². The molecule has 1 N–H and O–H groups in total. The van der Waals surface area contributed by atoms with Gasteiger partial charge >= 0.3 is 0 Å². The first-order valence-electron chi connectivity index (χ1n) is 5.25. The Bertz CT molecular complexity index is 354. The highest BCUT2D eigenvalue weighted by atomic mass is 79.9. The molecule has 0 radical (unpaired) electrons. The van der Waals surface area contributed by atoms with E-state index in [0.29, 0.717) is 0 Å². The minimum atomic E-state index is -0.136. The molecule has 0 aliphatic rings. The molecule has 1 unspecified atom stereocenters. The van der Waals surface area contributed by atoms with Gasteiger partial charge in [-0.3, -0.25) is 4.79 Å². The van der Waals surface area contributed by atoms with E-state index in [1.807, 2.05) is 20.9 Å². The summed E-state index contributed by atoms with van der Waals surface area (Å²) in [6.45, 7) is 5.35. The summed E-state index contributed by atoms with van der Waals surface area (Å²) in [6.07, 6.45) is 0. The van der Waals surface area contributed by atoms with Crippen molar-refractivity contribution in [2.75, 3.05) is 13.6 Å². The minimum absolute atomic E-state index is 0.136. The first-order chi connectivity index (χ1) is 7.54. The van der Waals surface area contributed by atoms with Crippen LogP contribution in [0.25, 0.3) is 0 Å². The van der Waals surface area contributed by atoms with Crippen LogP contribution in [-0.4, -0.2) is 30.4 Å². The molecule has 1 amide bonds. The summed E-state index contributed by atoms with van der Waals surface area (Å²) in [7, 11) is 1.82. The van der Waals surface area contributed by atoms with Crippen LogP contribution in [0, 0.1) is 0 Å². The molecule has 90 valence electrons. The molecule has 1 aromatic rings. The molecular weight excluding hydrogens is 288 g/mol. The second-order valence-corrected chi connectivity index (χ2v) is 6.00. The largest absolute Gasteiger partial charge is 0.345 e. The van der Waals surface area contributed by atoms with Gasteiger partial charge in [-0.1, -0.05) is 0 Å². The number of rotatable bonds is 5. The molecule has 0 fully saturated rings. The lowest BCUT2D eigenvalue weighted by molar-refractivity contribution is -0.131. The van der Waals surface area contributed by atoms with E-state index in [0.717, 1.165) is 16.9 Å². The number of likely N-dealkylation sites (N-methyl/N-ethyl adjacent to an activating group) is 1. The summed E-state index contributed by atoms with van der Waals surface area (Å²) >= 11 is 5.07. The monoisotopic (exact) mass is 304 g/mol. The van der Waals surface area contributed by atoms with Crippen molar-refractivity contribution in [3.8, 4) is 0 Å². The lowest BCUT2D eigenvalue weighted by atomic mass is 10.2. The van der Waals surface area contributed by atoms with Crippen molar-refractivity contribution < 1.29 is 4.79 Å². The zero-order valence-electron chi connectivity index (χ0n) is 9.79. The molecule has 0 aliphatic carbocycles. The maximum absolute atomic E-state index is 11.8. The molecule has 1 rings (SSSR count). The third-order valence-corrected chi connectivity index (χ3v) is 4.01. The Labute approximate surface area is 109 Å². The lowest BCUT2D eigenvalue weighted by Crippen LogP contribution is -2.42. The summed E-state index contributed by atoms with van der Waals surface area (Å²) in [5.74, 6) is 0.136. The summed E-state index contributed by atoms with van der Waals surface area (Å²) < 4.78 is 1.12. The lowest BCUT2D eigenvalue weighted by Gasteiger charge is -2.20. The topological polar surface area (TPSA) is 32.3 Å². The van der Waals surface area contributed by atoms with E-state index >= 15 is 0 Å². The van der Waals surface area contributed by atoms with Crippen LogP contribution in [0.1, 0.15) is 19.4 Å². The number of hydrogen-bond acceptors (Lipinski definition) is 3. The number of nitrogens with one attached hydrogen (secondary N) is 1. The standard InChI is InChI=1S/C11H17BrN2OS/c1-4-14(3)11(15)8(2)13-6-9-5-10(12)16-7-9/h5,7-8,13H,4,6H2,1-3H3. The Morgan fingerprint density at radius 3 is 2.88 bits per heavy atom. The van der Waals surface area contributed by atoms with Gasteiger partial charge < -0.3 is 10.2 Å². The van der Waals surface area contributed by atoms with E-state index in [1.165, 1.54) is 5.56 Å². The first-order valence-corrected chi connectivity index (χ1v) is 6.93. The van der Waals surface area contributed by atoms with Crippen LogP contribution in [0.5, 0.6) is 0 Å². The molecular formula is C11H17BrN2OS. The smallest absolute Gasteiger partial charge is 0.239 e. The SMILES string of the molecule is CCN(C)C(=O)C(C)NCc1csc(Br)c1. The van der Waals surface area contributed by atoms with E-state index in [2.05, 4.69) is 32.7 Å². The van der Waals surface area contributed by atoms with E-state index in [9.17, 15) is 4.79 Å². The second-order valence-electron chi connectivity index (χ2n) is 3.71. The predicted molar refractivity (Wildman–Crippen MR) is 71.6 cm³/mol. The van der Waals surface area contributed by atoms with Crippen LogP contribution < -0.4 is 5.32 Å². The molecule has 1 aromatic heterocycles. The second kappa shape index (κ2) is 6.37. The Balaban J connectivity index is 2.40. The maximum atomic E-state index is 11.8. The highest BCUT2D eigenvalue weighted by Gasteiger charge is 2.15. The van der Waals surface area contributed by atoms with Crippen molar-refractivity contribution in [3.63, 3.8) is 0 Å². The predicted octanol–water partition coefficient (Wildman–Crippen LogP) is 2.47. The zero-order valence-corrected chi connectivity index (χ0v) is 12.2. The normalized spacial score (nSPS) is 12.5. The van der Waals surface area contributed by atoms with E-state index in [4.69, 9.17) is 0 Å². The zero-order chi connectivity index (χ0) is 12.1. The summed E-state index contributed by atoms with van der Waals surface area (Å²) in [6, 6.07) is 1.93. The highest BCUT2D eigenvalue weighted by Crippen LogP contribution is 2.20. The summed E-state index contributed by atoms with van der Waals surface area (Å²) in [4.78, 5) is 13.5. The van der Waals surface area contributed by atoms with Crippen LogP contribution in [-0.2, 0) is 11.3 Å². The quantitative estimate of drug-likeness (QED) is 0.906. The van der Waals surface area contributed by atoms with Gasteiger partial charge in [-0.25, -0.2) is 0 Å². The van der Waals surface area contributed by atoms with Gasteiger partial charge in [-0.15, -0.1) is 11.3 Å². The molecule has 3 nitrogen and oxygen atoms in total. The van der Waals surface area contributed by atoms with Crippen LogP contribution in [0.3, 0.4) is 0 Å². The van der Waals surface area contributed by atoms with Gasteiger partial charge in [0.15, 0.2) is 0 Å². The fourth-order valence-corrected chi connectivity index (χ4v) is 2.49. The first kappa shape index (κ1) is 13.7. The fourth-order valence-electron chi connectivity index (χ4n) is 1.28. The van der Waals surface area contributed by atoms with Gasteiger partial charge in [0.05, 0.1) is 9.83 Å². The number of thiophene rings is 1. The average molecular weight is 305 g/mol. The van der Waals surface area contributed by atoms with Crippen molar-refractivity contribution >= 4 is 33.2 Å². The number of amides is 1. The molecule has 0 saturated heterocycles. The molecule has 0 bridgehead atoms.